The van der Waals surface area contributed by atoms with Gasteiger partial charge >= 0.3 is 0 Å². The van der Waals surface area contributed by atoms with E-state index in [4.69, 9.17) is 9.15 Å². The Morgan fingerprint density at radius 2 is 2.05 bits per heavy atom. The minimum absolute atomic E-state index is 0.115. The second-order valence-corrected chi connectivity index (χ2v) is 6.28. The largest absolute Gasteiger partial charge is 0.442 e. The number of halogens is 1. The van der Waals surface area contributed by atoms with Crippen molar-refractivity contribution in [1.29, 1.82) is 0 Å². The van der Waals surface area contributed by atoms with Crippen LogP contribution in [0.5, 0.6) is 0 Å². The lowest BCUT2D eigenvalue weighted by Crippen LogP contribution is -2.36. The molecule has 1 fully saturated rings. The zero-order valence-electron chi connectivity index (χ0n) is 12.0. The van der Waals surface area contributed by atoms with Crippen LogP contribution in [0.4, 0.5) is 0 Å². The summed E-state index contributed by atoms with van der Waals surface area (Å²) in [7, 11) is 0. The molecule has 0 aromatic carbocycles. The molecule has 3 aliphatic rings. The van der Waals surface area contributed by atoms with Gasteiger partial charge in [0.25, 0.3) is 0 Å². The average Bonchev–Trinajstić information content (AvgIpc) is 3.14. The van der Waals surface area contributed by atoms with Gasteiger partial charge in [-0.2, -0.15) is 0 Å². The van der Waals surface area contributed by atoms with Gasteiger partial charge in [-0.15, -0.1) is 0 Å². The van der Waals surface area contributed by atoms with Crippen molar-refractivity contribution < 1.29 is 13.9 Å². The first kappa shape index (κ1) is 14.0. The first-order chi connectivity index (χ1) is 10.7. The standard InChI is InChI=1S/C16H15BrN2O3/c17-16-15(22-9-18-16)12-2-1-11-13(12)7-10(8-14(11)20)19-3-5-21-6-4-19/h2,8-9H,1,3-7H2. The second kappa shape index (κ2) is 5.52. The fraction of sp³-hybridized carbons (Fsp3) is 0.375. The monoisotopic (exact) mass is 362 g/mol. The number of aromatic nitrogens is 1. The van der Waals surface area contributed by atoms with Crippen molar-refractivity contribution in [2.75, 3.05) is 26.3 Å². The third-order valence-electron chi connectivity index (χ3n) is 4.34. The molecule has 1 aliphatic heterocycles. The summed E-state index contributed by atoms with van der Waals surface area (Å²) >= 11 is 3.40. The lowest BCUT2D eigenvalue weighted by atomic mass is 9.91. The Labute approximate surface area is 136 Å². The first-order valence-corrected chi connectivity index (χ1v) is 8.13. The summed E-state index contributed by atoms with van der Waals surface area (Å²) in [5, 5.41) is 0. The van der Waals surface area contributed by atoms with Gasteiger partial charge in [0, 0.05) is 42.4 Å². The van der Waals surface area contributed by atoms with Gasteiger partial charge in [-0.3, -0.25) is 4.79 Å². The Morgan fingerprint density at radius 1 is 1.23 bits per heavy atom. The molecule has 1 aromatic rings. The number of ketones is 1. The molecule has 0 bridgehead atoms. The summed E-state index contributed by atoms with van der Waals surface area (Å²) in [4.78, 5) is 18.8. The van der Waals surface area contributed by atoms with E-state index in [0.29, 0.717) is 30.0 Å². The number of carbonyl (C=O) groups excluding carboxylic acids is 1. The van der Waals surface area contributed by atoms with Gasteiger partial charge in [-0.1, -0.05) is 6.08 Å². The minimum Gasteiger partial charge on any atom is -0.442 e. The molecule has 5 nitrogen and oxygen atoms in total. The number of carbonyl (C=O) groups is 1. The molecule has 0 unspecified atom stereocenters. The third kappa shape index (κ3) is 2.27. The summed E-state index contributed by atoms with van der Waals surface area (Å²) in [6.07, 6.45) is 6.70. The number of hydrogen-bond acceptors (Lipinski definition) is 5. The molecule has 114 valence electrons. The molecule has 2 heterocycles. The van der Waals surface area contributed by atoms with Crippen molar-refractivity contribution in [3.8, 4) is 0 Å². The highest BCUT2D eigenvalue weighted by Gasteiger charge is 2.31. The number of allylic oxidation sites excluding steroid dienone is 5. The van der Waals surface area contributed by atoms with Gasteiger partial charge in [0.15, 0.2) is 22.5 Å². The fourth-order valence-electron chi connectivity index (χ4n) is 3.23. The molecule has 0 amide bonds. The van der Waals surface area contributed by atoms with Crippen LogP contribution in [-0.4, -0.2) is 42.0 Å². The maximum atomic E-state index is 12.4. The molecule has 6 heteroatoms. The van der Waals surface area contributed by atoms with Crippen molar-refractivity contribution in [1.82, 2.24) is 9.88 Å². The Morgan fingerprint density at radius 3 is 2.77 bits per heavy atom. The summed E-state index contributed by atoms with van der Waals surface area (Å²) < 4.78 is 11.6. The topological polar surface area (TPSA) is 55.6 Å². The van der Waals surface area contributed by atoms with Crippen molar-refractivity contribution in [2.24, 2.45) is 0 Å². The van der Waals surface area contributed by atoms with Crippen molar-refractivity contribution >= 4 is 27.3 Å². The third-order valence-corrected chi connectivity index (χ3v) is 4.90. The van der Waals surface area contributed by atoms with Crippen molar-refractivity contribution in [2.45, 2.75) is 12.8 Å². The highest BCUT2D eigenvalue weighted by atomic mass is 79.9. The highest BCUT2D eigenvalue weighted by Crippen LogP contribution is 2.42. The summed E-state index contributed by atoms with van der Waals surface area (Å²) in [6, 6.07) is 0. The molecular formula is C16H15BrN2O3. The Bertz CT molecular complexity index is 724. The van der Waals surface area contributed by atoms with E-state index in [-0.39, 0.29) is 5.78 Å². The number of hydrogen-bond donors (Lipinski definition) is 0. The fourth-order valence-corrected chi connectivity index (χ4v) is 3.62. The van der Waals surface area contributed by atoms with Crippen LogP contribution in [0.15, 0.2) is 44.4 Å². The Hall–Kier alpha value is -1.66. The molecule has 0 saturated carbocycles. The molecule has 0 atom stereocenters. The smallest absolute Gasteiger partial charge is 0.184 e. The quantitative estimate of drug-likeness (QED) is 0.809. The number of morpholine rings is 1. The number of nitrogens with zero attached hydrogens (tertiary/aromatic N) is 2. The summed E-state index contributed by atoms with van der Waals surface area (Å²) in [5.74, 6) is 0.825. The minimum atomic E-state index is 0.115. The van der Waals surface area contributed by atoms with Crippen LogP contribution >= 0.6 is 15.9 Å². The molecule has 4 rings (SSSR count). The van der Waals surface area contributed by atoms with Gasteiger partial charge < -0.3 is 14.1 Å². The van der Waals surface area contributed by atoms with Gasteiger partial charge in [0.2, 0.25) is 0 Å². The predicted octanol–water partition coefficient (Wildman–Crippen LogP) is 2.71. The lowest BCUT2D eigenvalue weighted by Gasteiger charge is -2.33. The molecular weight excluding hydrogens is 348 g/mol. The molecule has 1 aromatic heterocycles. The zero-order chi connectivity index (χ0) is 15.1. The molecule has 22 heavy (non-hydrogen) atoms. The van der Waals surface area contributed by atoms with E-state index >= 15 is 0 Å². The SMILES string of the molecule is O=C1C=C(N2CCOCC2)CC2=C1CC=C2c1ocnc1Br. The Balaban J connectivity index is 1.64. The first-order valence-electron chi connectivity index (χ1n) is 7.33. The molecule has 2 aliphatic carbocycles. The summed E-state index contributed by atoms with van der Waals surface area (Å²) in [6.45, 7) is 3.11. The van der Waals surface area contributed by atoms with Crippen LogP contribution in [-0.2, 0) is 9.53 Å². The zero-order valence-corrected chi connectivity index (χ0v) is 13.6. The van der Waals surface area contributed by atoms with E-state index in [0.717, 1.165) is 41.9 Å². The highest BCUT2D eigenvalue weighted by molar-refractivity contribution is 9.10. The number of rotatable bonds is 2. The molecule has 0 N–H and O–H groups in total. The Kier molecular flexibility index (Phi) is 3.50. The van der Waals surface area contributed by atoms with E-state index < -0.39 is 0 Å². The molecule has 0 radical (unpaired) electrons. The van der Waals surface area contributed by atoms with Crippen LogP contribution in [0.3, 0.4) is 0 Å². The van der Waals surface area contributed by atoms with Gasteiger partial charge in [-0.25, -0.2) is 4.98 Å². The average molecular weight is 363 g/mol. The van der Waals surface area contributed by atoms with E-state index in [1.165, 1.54) is 6.39 Å². The van der Waals surface area contributed by atoms with Crippen LogP contribution < -0.4 is 0 Å². The number of oxazole rings is 1. The second-order valence-electron chi connectivity index (χ2n) is 5.53. The van der Waals surface area contributed by atoms with Crippen LogP contribution in [0.25, 0.3) is 5.57 Å². The van der Waals surface area contributed by atoms with Crippen LogP contribution in [0.2, 0.25) is 0 Å². The van der Waals surface area contributed by atoms with Crippen molar-refractivity contribution in [3.05, 3.63) is 45.8 Å². The maximum Gasteiger partial charge on any atom is 0.184 e. The van der Waals surface area contributed by atoms with Crippen LogP contribution in [0.1, 0.15) is 18.6 Å². The van der Waals surface area contributed by atoms with E-state index in [1.54, 1.807) is 6.08 Å². The van der Waals surface area contributed by atoms with E-state index in [2.05, 4.69) is 31.9 Å². The molecule has 0 spiro atoms. The van der Waals surface area contributed by atoms with Crippen molar-refractivity contribution in [3.63, 3.8) is 0 Å². The normalized spacial score (nSPS) is 21.9. The van der Waals surface area contributed by atoms with E-state index in [9.17, 15) is 4.79 Å². The van der Waals surface area contributed by atoms with Gasteiger partial charge in [0.1, 0.15) is 0 Å². The maximum absolute atomic E-state index is 12.4. The van der Waals surface area contributed by atoms with E-state index in [1.807, 2.05) is 0 Å². The summed E-state index contributed by atoms with van der Waals surface area (Å²) in [5.41, 5.74) is 4.03. The van der Waals surface area contributed by atoms with Gasteiger partial charge in [-0.05, 0) is 27.9 Å². The van der Waals surface area contributed by atoms with Gasteiger partial charge in [0.05, 0.1) is 13.2 Å². The predicted molar refractivity (Wildman–Crippen MR) is 83.9 cm³/mol. The molecule has 1 saturated heterocycles. The number of ether oxygens (including phenoxy) is 1. The van der Waals surface area contributed by atoms with Crippen LogP contribution in [0, 0.1) is 0 Å². The lowest BCUT2D eigenvalue weighted by molar-refractivity contribution is -0.111.